The Bertz CT molecular complexity index is 972. The molecule has 156 valence electrons. The molecule has 0 spiro atoms. The van der Waals surface area contributed by atoms with E-state index in [1.54, 1.807) is 0 Å². The lowest BCUT2D eigenvalue weighted by Crippen LogP contribution is -2.33. The van der Waals surface area contributed by atoms with Crippen molar-refractivity contribution >= 4 is 16.0 Å². The molecule has 1 aromatic carbocycles. The number of ether oxygens (including phenoxy) is 2. The summed E-state index contributed by atoms with van der Waals surface area (Å²) >= 11 is 0. The van der Waals surface area contributed by atoms with Crippen LogP contribution >= 0.6 is 0 Å². The molecule has 2 aromatic rings. The normalized spacial score (nSPS) is 15.5. The first-order valence-electron chi connectivity index (χ1n) is 9.32. The van der Waals surface area contributed by atoms with Crippen LogP contribution in [0, 0.1) is 5.21 Å². The van der Waals surface area contributed by atoms with E-state index in [2.05, 4.69) is 4.98 Å². The Morgan fingerprint density at radius 3 is 2.62 bits per heavy atom. The number of carbonyl (C=O) groups is 1. The number of carbonyl (C=O) groups excluding carboxylic acids is 1. The summed E-state index contributed by atoms with van der Waals surface area (Å²) in [6, 6.07) is 5.56. The van der Waals surface area contributed by atoms with E-state index in [0.717, 1.165) is 25.7 Å². The van der Waals surface area contributed by atoms with Crippen LogP contribution in [-0.4, -0.2) is 43.9 Å². The lowest BCUT2D eigenvalue weighted by atomic mass is 10.2. The smallest absolute Gasteiger partial charge is 0.342 e. The van der Waals surface area contributed by atoms with E-state index < -0.39 is 16.0 Å². The monoisotopic (exact) mass is 421 g/mol. The van der Waals surface area contributed by atoms with Crippen LogP contribution in [0.3, 0.4) is 0 Å². The summed E-state index contributed by atoms with van der Waals surface area (Å²) in [5.74, 6) is -0.616. The average Bonchev–Trinajstić information content (AvgIpc) is 3.02. The van der Waals surface area contributed by atoms with E-state index in [9.17, 15) is 18.4 Å². The molecule has 0 unspecified atom stereocenters. The Balaban J connectivity index is 1.84. The molecule has 0 bridgehead atoms. The second-order valence-corrected chi connectivity index (χ2v) is 8.56. The second kappa shape index (κ2) is 9.19. The standard InChI is InChI=1S/C19H23N3O6S/c1-27-17-8-7-15(29(25,26)21-10-4-2-3-5-11-21)13-16(17)19(23)28-14-18-20-9-6-12-22(18)24/h6-9,12-13H,2-5,10-11,14H2,1H3. The molecule has 1 saturated heterocycles. The molecular formula is C19H23N3O6S. The van der Waals surface area contributed by atoms with Crippen LogP contribution in [0.1, 0.15) is 41.9 Å². The van der Waals surface area contributed by atoms with Crippen LogP contribution < -0.4 is 9.47 Å². The summed E-state index contributed by atoms with van der Waals surface area (Å²) in [5, 5.41) is 11.6. The predicted octanol–water partition coefficient (Wildman–Crippen LogP) is 1.65. The lowest BCUT2D eigenvalue weighted by Gasteiger charge is -2.20. The van der Waals surface area contributed by atoms with Gasteiger partial charge in [-0.15, -0.1) is 0 Å². The zero-order valence-corrected chi connectivity index (χ0v) is 16.9. The number of hydrogen-bond donors (Lipinski definition) is 0. The third-order valence-corrected chi connectivity index (χ3v) is 6.61. The molecule has 1 aliphatic rings. The van der Waals surface area contributed by atoms with Crippen LogP contribution in [-0.2, 0) is 21.4 Å². The maximum atomic E-state index is 13.0. The summed E-state index contributed by atoms with van der Waals surface area (Å²) in [5.41, 5.74) is -0.0308. The van der Waals surface area contributed by atoms with Crippen molar-refractivity contribution in [2.24, 2.45) is 0 Å². The lowest BCUT2D eigenvalue weighted by molar-refractivity contribution is -0.620. The minimum atomic E-state index is -3.74. The molecule has 3 rings (SSSR count). The van der Waals surface area contributed by atoms with E-state index in [1.807, 2.05) is 0 Å². The first-order valence-corrected chi connectivity index (χ1v) is 10.8. The summed E-state index contributed by atoms with van der Waals surface area (Å²) in [6.07, 6.45) is 6.27. The molecule has 1 aromatic heterocycles. The second-order valence-electron chi connectivity index (χ2n) is 6.62. The number of esters is 1. The molecule has 1 aliphatic heterocycles. The van der Waals surface area contributed by atoms with Crippen molar-refractivity contribution in [1.29, 1.82) is 0 Å². The van der Waals surface area contributed by atoms with E-state index in [1.165, 1.54) is 48.1 Å². The summed E-state index contributed by atoms with van der Waals surface area (Å²) in [4.78, 5) is 16.4. The highest BCUT2D eigenvalue weighted by Crippen LogP contribution is 2.27. The van der Waals surface area contributed by atoms with Crippen molar-refractivity contribution < 1.29 is 27.4 Å². The van der Waals surface area contributed by atoms with Gasteiger partial charge in [0.25, 0.3) is 0 Å². The number of benzene rings is 1. The Hall–Kier alpha value is -2.72. The van der Waals surface area contributed by atoms with E-state index >= 15 is 0 Å². The molecule has 0 N–H and O–H groups in total. The van der Waals surface area contributed by atoms with E-state index in [-0.39, 0.29) is 28.6 Å². The molecule has 29 heavy (non-hydrogen) atoms. The van der Waals surface area contributed by atoms with Gasteiger partial charge in [0, 0.05) is 19.2 Å². The molecule has 0 radical (unpaired) electrons. The van der Waals surface area contributed by atoms with Crippen molar-refractivity contribution in [3.8, 4) is 5.75 Å². The Labute approximate surface area is 169 Å². The summed E-state index contributed by atoms with van der Waals surface area (Å²) in [7, 11) is -2.36. The maximum absolute atomic E-state index is 13.0. The largest absolute Gasteiger partial charge is 0.711 e. The number of aromatic nitrogens is 2. The van der Waals surface area contributed by atoms with Gasteiger partial charge in [-0.1, -0.05) is 12.8 Å². The number of methoxy groups -OCH3 is 1. The van der Waals surface area contributed by atoms with Gasteiger partial charge in [0.05, 0.1) is 18.2 Å². The molecule has 0 aliphatic carbocycles. The topological polar surface area (TPSA) is 113 Å². The fourth-order valence-electron chi connectivity index (χ4n) is 3.14. The highest BCUT2D eigenvalue weighted by molar-refractivity contribution is 7.89. The number of nitrogens with zero attached hydrogens (tertiary/aromatic N) is 3. The maximum Gasteiger partial charge on any atom is 0.342 e. The first-order chi connectivity index (χ1) is 13.9. The minimum Gasteiger partial charge on any atom is -0.711 e. The van der Waals surface area contributed by atoms with Crippen molar-refractivity contribution in [3.05, 3.63) is 53.3 Å². The third-order valence-electron chi connectivity index (χ3n) is 4.71. The summed E-state index contributed by atoms with van der Waals surface area (Å²) in [6.45, 7) is 0.560. The van der Waals surface area contributed by atoms with Crippen LogP contribution in [0.5, 0.6) is 5.75 Å². The van der Waals surface area contributed by atoms with Gasteiger partial charge in [-0.3, -0.25) is 0 Å². The van der Waals surface area contributed by atoms with Gasteiger partial charge in [-0.25, -0.2) is 17.9 Å². The SMILES string of the molecule is COc1ccc(S(=O)(=O)N2CCCCCC2)cc1C(=O)OCc1nccc[n+]1[O-]. The highest BCUT2D eigenvalue weighted by atomic mass is 32.2. The molecule has 2 heterocycles. The van der Waals surface area contributed by atoms with Crippen LogP contribution in [0.15, 0.2) is 41.6 Å². The number of hydrogen-bond acceptors (Lipinski definition) is 7. The molecule has 0 saturated carbocycles. The molecule has 0 atom stereocenters. The zero-order chi connectivity index (χ0) is 20.9. The predicted molar refractivity (Wildman–Crippen MR) is 103 cm³/mol. The molecular weight excluding hydrogens is 398 g/mol. The van der Waals surface area contributed by atoms with Crippen LogP contribution in [0.25, 0.3) is 0 Å². The molecule has 0 amide bonds. The highest BCUT2D eigenvalue weighted by Gasteiger charge is 2.27. The first kappa shape index (κ1) is 21.0. The van der Waals surface area contributed by atoms with Crippen molar-refractivity contribution in [2.45, 2.75) is 37.2 Å². The third kappa shape index (κ3) is 4.83. The van der Waals surface area contributed by atoms with Crippen molar-refractivity contribution in [2.75, 3.05) is 20.2 Å². The van der Waals surface area contributed by atoms with E-state index in [4.69, 9.17) is 9.47 Å². The fourth-order valence-corrected chi connectivity index (χ4v) is 4.68. The van der Waals surface area contributed by atoms with Crippen LogP contribution in [0.2, 0.25) is 0 Å². The molecule has 9 nitrogen and oxygen atoms in total. The fraction of sp³-hybridized carbons (Fsp3) is 0.421. The zero-order valence-electron chi connectivity index (χ0n) is 16.1. The molecule has 1 fully saturated rings. The Morgan fingerprint density at radius 1 is 1.24 bits per heavy atom. The van der Waals surface area contributed by atoms with Gasteiger partial charge in [-0.2, -0.15) is 4.31 Å². The van der Waals surface area contributed by atoms with Crippen molar-refractivity contribution in [1.82, 2.24) is 9.29 Å². The van der Waals surface area contributed by atoms with Gasteiger partial charge in [0.1, 0.15) is 17.5 Å². The van der Waals surface area contributed by atoms with Crippen LogP contribution in [0.4, 0.5) is 0 Å². The Kier molecular flexibility index (Phi) is 6.65. The van der Waals surface area contributed by atoms with Gasteiger partial charge < -0.3 is 14.7 Å². The van der Waals surface area contributed by atoms with E-state index in [0.29, 0.717) is 17.8 Å². The number of rotatable bonds is 6. The van der Waals surface area contributed by atoms with Gasteiger partial charge >= 0.3 is 11.8 Å². The average molecular weight is 421 g/mol. The van der Waals surface area contributed by atoms with Gasteiger partial charge in [-0.05, 0) is 36.0 Å². The molecule has 10 heteroatoms. The number of sulfonamides is 1. The minimum absolute atomic E-state index is 0.00359. The summed E-state index contributed by atoms with van der Waals surface area (Å²) < 4.78 is 38.3. The Morgan fingerprint density at radius 2 is 1.97 bits per heavy atom. The van der Waals surface area contributed by atoms with Gasteiger partial charge in [0.15, 0.2) is 6.61 Å². The van der Waals surface area contributed by atoms with Gasteiger partial charge in [0.2, 0.25) is 10.0 Å². The van der Waals surface area contributed by atoms with Crippen molar-refractivity contribution in [3.63, 3.8) is 0 Å². The quantitative estimate of drug-likeness (QED) is 0.396.